The van der Waals surface area contributed by atoms with Crippen molar-refractivity contribution in [2.45, 2.75) is 32.8 Å². The van der Waals surface area contributed by atoms with Gasteiger partial charge in [-0.25, -0.2) is 4.98 Å². The van der Waals surface area contributed by atoms with E-state index in [0.29, 0.717) is 17.3 Å². The van der Waals surface area contributed by atoms with Gasteiger partial charge in [-0.2, -0.15) is 5.10 Å². The lowest BCUT2D eigenvalue weighted by Crippen LogP contribution is -2.12. The Bertz CT molecular complexity index is 1290. The predicted octanol–water partition coefficient (Wildman–Crippen LogP) is 5.17. The zero-order valence-electron chi connectivity index (χ0n) is 18.1. The first-order chi connectivity index (χ1) is 15.6. The van der Waals surface area contributed by atoms with Crippen molar-refractivity contribution in [3.8, 4) is 17.0 Å². The second kappa shape index (κ2) is 8.59. The molecule has 1 N–H and O–H groups in total. The molecule has 1 aliphatic carbocycles. The second-order valence-electron chi connectivity index (χ2n) is 8.03. The largest absolute Gasteiger partial charge is 0.489 e. The number of hydrogen-bond acceptors (Lipinski definition) is 5. The van der Waals surface area contributed by atoms with Gasteiger partial charge in [-0.15, -0.1) is 11.3 Å². The average molecular weight is 445 g/mol. The summed E-state index contributed by atoms with van der Waals surface area (Å²) in [6.07, 6.45) is 5.30. The third-order valence-electron chi connectivity index (χ3n) is 5.90. The van der Waals surface area contributed by atoms with E-state index >= 15 is 0 Å². The molecule has 1 aliphatic rings. The van der Waals surface area contributed by atoms with Crippen molar-refractivity contribution >= 4 is 22.4 Å². The van der Waals surface area contributed by atoms with Gasteiger partial charge in [0.2, 0.25) is 0 Å². The quantitative estimate of drug-likeness (QED) is 0.445. The van der Waals surface area contributed by atoms with Crippen molar-refractivity contribution in [3.63, 3.8) is 0 Å². The molecule has 0 saturated carbocycles. The number of ether oxygens (including phenoxy) is 1. The van der Waals surface area contributed by atoms with E-state index in [0.717, 1.165) is 41.1 Å². The molecule has 2 heterocycles. The number of anilines is 1. The van der Waals surface area contributed by atoms with Crippen LogP contribution in [-0.2, 0) is 26.5 Å². The summed E-state index contributed by atoms with van der Waals surface area (Å²) in [5, 5.41) is 9.66. The van der Waals surface area contributed by atoms with Crippen LogP contribution >= 0.6 is 11.3 Å². The summed E-state index contributed by atoms with van der Waals surface area (Å²) < 4.78 is 7.79. The Morgan fingerprint density at radius 2 is 2.06 bits per heavy atom. The number of aromatic nitrogens is 3. The smallest absolute Gasteiger partial charge is 0.257 e. The first-order valence-corrected chi connectivity index (χ1v) is 11.5. The lowest BCUT2D eigenvalue weighted by atomic mass is 10.1. The maximum absolute atomic E-state index is 12.8. The van der Waals surface area contributed by atoms with Gasteiger partial charge in [0, 0.05) is 29.2 Å². The average Bonchev–Trinajstić information content (AvgIpc) is 3.53. The molecule has 7 heteroatoms. The molecule has 32 heavy (non-hydrogen) atoms. The summed E-state index contributed by atoms with van der Waals surface area (Å²) in [5.74, 6) is 0.690. The number of nitrogens with one attached hydrogen (secondary N) is 1. The summed E-state index contributed by atoms with van der Waals surface area (Å²) in [5.41, 5.74) is 7.16. The number of fused-ring (bicyclic) bond motifs is 1. The van der Waals surface area contributed by atoms with Crippen LogP contribution in [0.1, 0.15) is 39.2 Å². The van der Waals surface area contributed by atoms with Gasteiger partial charge in [-0.05, 0) is 67.1 Å². The monoisotopic (exact) mass is 444 g/mol. The Morgan fingerprint density at radius 3 is 2.91 bits per heavy atom. The van der Waals surface area contributed by atoms with Gasteiger partial charge < -0.3 is 4.74 Å². The van der Waals surface area contributed by atoms with Crippen molar-refractivity contribution < 1.29 is 9.53 Å². The third kappa shape index (κ3) is 4.16. The number of rotatable bonds is 6. The van der Waals surface area contributed by atoms with Gasteiger partial charge in [-0.1, -0.05) is 18.2 Å². The summed E-state index contributed by atoms with van der Waals surface area (Å²) in [6.45, 7) is 2.41. The number of hydrogen-bond donors (Lipinski definition) is 1. The third-order valence-corrected chi connectivity index (χ3v) is 6.66. The van der Waals surface area contributed by atoms with E-state index < -0.39 is 0 Å². The molecule has 4 aromatic rings. The van der Waals surface area contributed by atoms with Gasteiger partial charge in [0.1, 0.15) is 12.4 Å². The van der Waals surface area contributed by atoms with Crippen LogP contribution in [0.3, 0.4) is 0 Å². The van der Waals surface area contributed by atoms with Crippen molar-refractivity contribution in [2.75, 3.05) is 5.32 Å². The van der Waals surface area contributed by atoms with E-state index in [1.807, 2.05) is 48.3 Å². The van der Waals surface area contributed by atoms with Gasteiger partial charge in [0.25, 0.3) is 5.91 Å². The fourth-order valence-corrected chi connectivity index (χ4v) is 4.69. The van der Waals surface area contributed by atoms with Gasteiger partial charge >= 0.3 is 0 Å². The number of nitrogens with zero attached hydrogens (tertiary/aromatic N) is 3. The maximum atomic E-state index is 12.8. The zero-order valence-corrected chi connectivity index (χ0v) is 18.9. The SMILES string of the molecule is Cc1c(-c2csc(NC(=O)c3cccc(COc4ccc5c(c4)CCC5)c3)n2)cnn1C. The molecule has 0 radical (unpaired) electrons. The number of benzene rings is 2. The number of thiazole rings is 1. The minimum atomic E-state index is -0.187. The number of carbonyl (C=O) groups is 1. The van der Waals surface area contributed by atoms with Crippen molar-refractivity contribution in [1.82, 2.24) is 14.8 Å². The number of amides is 1. The molecule has 2 aromatic carbocycles. The van der Waals surface area contributed by atoms with Crippen LogP contribution in [0, 0.1) is 6.92 Å². The van der Waals surface area contributed by atoms with E-state index in [1.54, 1.807) is 12.3 Å². The lowest BCUT2D eigenvalue weighted by Gasteiger charge is -2.09. The molecule has 0 spiro atoms. The molecule has 0 aliphatic heterocycles. The van der Waals surface area contributed by atoms with Crippen LogP contribution in [0.25, 0.3) is 11.3 Å². The Kier molecular flexibility index (Phi) is 5.49. The molecule has 0 atom stereocenters. The Labute approximate surface area is 190 Å². The van der Waals surface area contributed by atoms with Crippen LogP contribution in [0.4, 0.5) is 5.13 Å². The van der Waals surface area contributed by atoms with E-state index in [-0.39, 0.29) is 5.91 Å². The molecule has 2 aromatic heterocycles. The zero-order chi connectivity index (χ0) is 22.1. The Balaban J connectivity index is 1.24. The van der Waals surface area contributed by atoms with E-state index in [9.17, 15) is 4.79 Å². The van der Waals surface area contributed by atoms with Gasteiger partial charge in [0.15, 0.2) is 5.13 Å². The maximum Gasteiger partial charge on any atom is 0.257 e. The second-order valence-corrected chi connectivity index (χ2v) is 8.89. The van der Waals surface area contributed by atoms with Crippen LogP contribution in [0.2, 0.25) is 0 Å². The van der Waals surface area contributed by atoms with E-state index in [4.69, 9.17) is 4.74 Å². The van der Waals surface area contributed by atoms with Gasteiger partial charge in [-0.3, -0.25) is 14.8 Å². The first kappa shape index (κ1) is 20.5. The van der Waals surface area contributed by atoms with Crippen LogP contribution in [0.5, 0.6) is 5.75 Å². The minimum absolute atomic E-state index is 0.187. The first-order valence-electron chi connectivity index (χ1n) is 10.7. The summed E-state index contributed by atoms with van der Waals surface area (Å²) in [4.78, 5) is 17.3. The minimum Gasteiger partial charge on any atom is -0.489 e. The highest BCUT2D eigenvalue weighted by atomic mass is 32.1. The summed E-state index contributed by atoms with van der Waals surface area (Å²) in [7, 11) is 1.90. The van der Waals surface area contributed by atoms with E-state index in [2.05, 4.69) is 27.5 Å². The molecule has 6 nitrogen and oxygen atoms in total. The standard InChI is InChI=1S/C25H24N4O2S/c1-16-22(13-26-29(16)2)23-15-32-25(27-23)28-24(30)20-8-3-5-17(11-20)14-31-21-10-9-18-6-4-7-19(18)12-21/h3,5,8-13,15H,4,6-7,14H2,1-2H3,(H,27,28,30). The van der Waals surface area contributed by atoms with Crippen LogP contribution in [-0.4, -0.2) is 20.7 Å². The van der Waals surface area contributed by atoms with Crippen LogP contribution < -0.4 is 10.1 Å². The molecule has 0 fully saturated rings. The molecule has 162 valence electrons. The number of carbonyl (C=O) groups excluding carboxylic acids is 1. The Hall–Kier alpha value is -3.45. The van der Waals surface area contributed by atoms with Crippen molar-refractivity contribution in [1.29, 1.82) is 0 Å². The predicted molar refractivity (Wildman–Crippen MR) is 126 cm³/mol. The molecule has 1 amide bonds. The molecule has 0 unspecified atom stereocenters. The van der Waals surface area contributed by atoms with Gasteiger partial charge in [0.05, 0.1) is 11.9 Å². The molecule has 0 saturated heterocycles. The number of aryl methyl sites for hydroxylation is 3. The lowest BCUT2D eigenvalue weighted by molar-refractivity contribution is 0.102. The highest BCUT2D eigenvalue weighted by Gasteiger charge is 2.14. The Morgan fingerprint density at radius 1 is 1.19 bits per heavy atom. The fourth-order valence-electron chi connectivity index (χ4n) is 3.98. The molecule has 5 rings (SSSR count). The van der Waals surface area contributed by atoms with Crippen LogP contribution in [0.15, 0.2) is 54.0 Å². The summed E-state index contributed by atoms with van der Waals surface area (Å²) in [6, 6.07) is 13.8. The summed E-state index contributed by atoms with van der Waals surface area (Å²) >= 11 is 1.40. The fraction of sp³-hybridized carbons (Fsp3) is 0.240. The molecule has 0 bridgehead atoms. The molecular weight excluding hydrogens is 420 g/mol. The molecular formula is C25H24N4O2S. The topological polar surface area (TPSA) is 69.0 Å². The highest BCUT2D eigenvalue weighted by molar-refractivity contribution is 7.14. The van der Waals surface area contributed by atoms with Crippen molar-refractivity contribution in [2.24, 2.45) is 7.05 Å². The highest BCUT2D eigenvalue weighted by Crippen LogP contribution is 2.28. The van der Waals surface area contributed by atoms with E-state index in [1.165, 1.54) is 28.9 Å². The normalized spacial score (nSPS) is 12.6. The van der Waals surface area contributed by atoms with Crippen molar-refractivity contribution in [3.05, 3.63) is 82.0 Å².